The molecule has 0 saturated heterocycles. The zero-order valence-electron chi connectivity index (χ0n) is 8.96. The summed E-state index contributed by atoms with van der Waals surface area (Å²) < 4.78 is 1.61. The standard InChI is InChI=1S/C9H14N4O2S/c1-13-8(11-5-12-13)16-4-9(10,7(14)15)6-2-3-6/h5-6H,2-4,10H2,1H3,(H,14,15). The molecule has 1 aliphatic carbocycles. The summed E-state index contributed by atoms with van der Waals surface area (Å²) in [4.78, 5) is 15.2. The SMILES string of the molecule is Cn1ncnc1SCC(N)(C(=O)O)C1CC1. The second kappa shape index (κ2) is 4.06. The van der Waals surface area contributed by atoms with Crippen molar-refractivity contribution in [2.45, 2.75) is 23.5 Å². The highest BCUT2D eigenvalue weighted by Gasteiger charge is 2.48. The molecule has 1 fully saturated rings. The number of carbonyl (C=O) groups is 1. The van der Waals surface area contributed by atoms with Gasteiger partial charge in [-0.25, -0.2) is 9.67 Å². The zero-order valence-corrected chi connectivity index (χ0v) is 9.78. The summed E-state index contributed by atoms with van der Waals surface area (Å²) in [6.45, 7) is 0. The van der Waals surface area contributed by atoms with E-state index in [9.17, 15) is 4.79 Å². The molecule has 1 atom stereocenters. The van der Waals surface area contributed by atoms with E-state index in [1.165, 1.54) is 18.1 Å². The molecule has 0 spiro atoms. The first-order valence-corrected chi connectivity index (χ1v) is 6.01. The summed E-state index contributed by atoms with van der Waals surface area (Å²) in [5.41, 5.74) is 4.81. The predicted molar refractivity (Wildman–Crippen MR) is 59.0 cm³/mol. The van der Waals surface area contributed by atoms with Crippen LogP contribution in [0.1, 0.15) is 12.8 Å². The third kappa shape index (κ3) is 2.05. The van der Waals surface area contributed by atoms with Crippen LogP contribution in [0, 0.1) is 5.92 Å². The molecule has 2 rings (SSSR count). The van der Waals surface area contributed by atoms with Crippen molar-refractivity contribution in [3.63, 3.8) is 0 Å². The Morgan fingerprint density at radius 1 is 1.81 bits per heavy atom. The highest BCUT2D eigenvalue weighted by molar-refractivity contribution is 7.99. The Kier molecular flexibility index (Phi) is 2.90. The fraction of sp³-hybridized carbons (Fsp3) is 0.667. The van der Waals surface area contributed by atoms with Crippen LogP contribution in [-0.2, 0) is 11.8 Å². The predicted octanol–water partition coefficient (Wildman–Crippen LogP) is 0.0993. The Morgan fingerprint density at radius 3 is 2.94 bits per heavy atom. The highest BCUT2D eigenvalue weighted by atomic mass is 32.2. The van der Waals surface area contributed by atoms with Gasteiger partial charge in [0.25, 0.3) is 0 Å². The van der Waals surface area contributed by atoms with Gasteiger partial charge in [-0.05, 0) is 18.8 Å². The van der Waals surface area contributed by atoms with E-state index < -0.39 is 11.5 Å². The Balaban J connectivity index is 2.02. The molecule has 1 unspecified atom stereocenters. The normalized spacial score (nSPS) is 19.4. The zero-order chi connectivity index (χ0) is 11.8. The minimum Gasteiger partial charge on any atom is -0.480 e. The van der Waals surface area contributed by atoms with Crippen molar-refractivity contribution >= 4 is 17.7 Å². The lowest BCUT2D eigenvalue weighted by atomic mass is 9.98. The van der Waals surface area contributed by atoms with Crippen molar-refractivity contribution in [1.29, 1.82) is 0 Å². The lowest BCUT2D eigenvalue weighted by molar-refractivity contribution is -0.143. The molecule has 0 aliphatic heterocycles. The largest absolute Gasteiger partial charge is 0.480 e. The average molecular weight is 242 g/mol. The number of nitrogens with two attached hydrogens (primary N) is 1. The van der Waals surface area contributed by atoms with Crippen molar-refractivity contribution in [3.8, 4) is 0 Å². The molecule has 1 heterocycles. The highest BCUT2D eigenvalue weighted by Crippen LogP contribution is 2.40. The van der Waals surface area contributed by atoms with Gasteiger partial charge in [0.15, 0.2) is 5.16 Å². The maximum Gasteiger partial charge on any atom is 0.324 e. The van der Waals surface area contributed by atoms with E-state index in [4.69, 9.17) is 10.8 Å². The molecule has 16 heavy (non-hydrogen) atoms. The van der Waals surface area contributed by atoms with Crippen molar-refractivity contribution in [2.75, 3.05) is 5.75 Å². The number of carboxylic acids is 1. The van der Waals surface area contributed by atoms with Crippen LogP contribution in [-0.4, -0.2) is 37.1 Å². The smallest absolute Gasteiger partial charge is 0.324 e. The first-order valence-electron chi connectivity index (χ1n) is 5.03. The van der Waals surface area contributed by atoms with Crippen LogP contribution in [0.2, 0.25) is 0 Å². The Morgan fingerprint density at radius 2 is 2.50 bits per heavy atom. The summed E-state index contributed by atoms with van der Waals surface area (Å²) in [7, 11) is 1.77. The minimum absolute atomic E-state index is 0.103. The third-order valence-corrected chi connectivity index (χ3v) is 4.06. The van der Waals surface area contributed by atoms with E-state index in [2.05, 4.69) is 10.1 Å². The summed E-state index contributed by atoms with van der Waals surface area (Å²) in [6.07, 6.45) is 3.25. The van der Waals surface area contributed by atoms with Crippen molar-refractivity contribution in [2.24, 2.45) is 18.7 Å². The van der Waals surface area contributed by atoms with Gasteiger partial charge >= 0.3 is 5.97 Å². The van der Waals surface area contributed by atoms with Gasteiger partial charge in [-0.3, -0.25) is 4.79 Å². The van der Waals surface area contributed by atoms with Crippen LogP contribution in [0.25, 0.3) is 0 Å². The molecule has 0 radical (unpaired) electrons. The summed E-state index contributed by atoms with van der Waals surface area (Å²) in [5, 5.41) is 13.8. The Labute approximate surface area is 97.2 Å². The molecule has 1 aromatic rings. The van der Waals surface area contributed by atoms with Crippen LogP contribution < -0.4 is 5.73 Å². The van der Waals surface area contributed by atoms with Gasteiger partial charge in [0, 0.05) is 12.8 Å². The lowest BCUT2D eigenvalue weighted by Gasteiger charge is -2.23. The average Bonchev–Trinajstić information content (AvgIpc) is 3.00. The lowest BCUT2D eigenvalue weighted by Crippen LogP contribution is -2.52. The molecule has 6 nitrogen and oxygen atoms in total. The van der Waals surface area contributed by atoms with E-state index in [-0.39, 0.29) is 5.92 Å². The third-order valence-electron chi connectivity index (χ3n) is 2.81. The number of hydrogen-bond donors (Lipinski definition) is 2. The monoisotopic (exact) mass is 242 g/mol. The van der Waals surface area contributed by atoms with Gasteiger partial charge in [0.05, 0.1) is 0 Å². The molecule has 1 aromatic heterocycles. The van der Waals surface area contributed by atoms with E-state index in [1.807, 2.05) is 0 Å². The fourth-order valence-electron chi connectivity index (χ4n) is 1.55. The quantitative estimate of drug-likeness (QED) is 0.711. The van der Waals surface area contributed by atoms with E-state index in [0.717, 1.165) is 12.8 Å². The maximum absolute atomic E-state index is 11.2. The second-order valence-electron chi connectivity index (χ2n) is 4.07. The molecule has 1 aliphatic rings. The minimum atomic E-state index is -1.13. The van der Waals surface area contributed by atoms with Crippen LogP contribution in [0.3, 0.4) is 0 Å². The van der Waals surface area contributed by atoms with Gasteiger partial charge in [-0.1, -0.05) is 11.8 Å². The number of carboxylic acid groups (broad SMARTS) is 1. The van der Waals surface area contributed by atoms with E-state index in [0.29, 0.717) is 10.9 Å². The van der Waals surface area contributed by atoms with Crippen LogP contribution >= 0.6 is 11.8 Å². The molecular weight excluding hydrogens is 228 g/mol. The summed E-state index contributed by atoms with van der Waals surface area (Å²) >= 11 is 1.34. The number of aryl methyl sites for hydroxylation is 1. The van der Waals surface area contributed by atoms with Gasteiger partial charge in [0.2, 0.25) is 0 Å². The molecule has 0 bridgehead atoms. The summed E-state index contributed by atoms with van der Waals surface area (Å²) in [6, 6.07) is 0. The number of rotatable bonds is 5. The number of nitrogens with zero attached hydrogens (tertiary/aromatic N) is 3. The number of hydrogen-bond acceptors (Lipinski definition) is 5. The van der Waals surface area contributed by atoms with Crippen LogP contribution in [0.4, 0.5) is 0 Å². The van der Waals surface area contributed by atoms with Gasteiger partial charge in [-0.15, -0.1) is 0 Å². The van der Waals surface area contributed by atoms with Gasteiger partial charge in [0.1, 0.15) is 11.9 Å². The molecule has 0 aromatic carbocycles. The maximum atomic E-state index is 11.2. The molecule has 0 amide bonds. The van der Waals surface area contributed by atoms with Gasteiger partial charge < -0.3 is 10.8 Å². The molecule has 7 heteroatoms. The molecular formula is C9H14N4O2S. The molecule has 88 valence electrons. The van der Waals surface area contributed by atoms with Crippen molar-refractivity contribution in [1.82, 2.24) is 14.8 Å². The van der Waals surface area contributed by atoms with E-state index in [1.54, 1.807) is 11.7 Å². The number of thioether (sulfide) groups is 1. The van der Waals surface area contributed by atoms with Crippen molar-refractivity contribution < 1.29 is 9.90 Å². The Bertz CT molecular complexity index is 404. The second-order valence-corrected chi connectivity index (χ2v) is 5.02. The Hall–Kier alpha value is -1.08. The first-order chi connectivity index (χ1) is 7.54. The summed E-state index contributed by atoms with van der Waals surface area (Å²) in [5.74, 6) is -0.491. The molecule has 1 saturated carbocycles. The van der Waals surface area contributed by atoms with E-state index >= 15 is 0 Å². The fourth-order valence-corrected chi connectivity index (χ4v) is 2.64. The first kappa shape index (κ1) is 11.4. The van der Waals surface area contributed by atoms with Gasteiger partial charge in [-0.2, -0.15) is 5.10 Å². The molecule has 3 N–H and O–H groups in total. The number of aliphatic carboxylic acids is 1. The van der Waals surface area contributed by atoms with Crippen molar-refractivity contribution in [3.05, 3.63) is 6.33 Å². The van der Waals surface area contributed by atoms with Crippen LogP contribution in [0.15, 0.2) is 11.5 Å². The topological polar surface area (TPSA) is 94.0 Å². The van der Waals surface area contributed by atoms with Crippen LogP contribution in [0.5, 0.6) is 0 Å². The number of aromatic nitrogens is 3.